The van der Waals surface area contributed by atoms with Crippen molar-refractivity contribution in [1.29, 1.82) is 0 Å². The van der Waals surface area contributed by atoms with Gasteiger partial charge in [-0.15, -0.1) is 0 Å². The number of nitrogens with zero attached hydrogens (tertiary/aromatic N) is 1. The van der Waals surface area contributed by atoms with Crippen LogP contribution in [0.25, 0.3) is 0 Å². The van der Waals surface area contributed by atoms with E-state index in [2.05, 4.69) is 4.98 Å². The summed E-state index contributed by atoms with van der Waals surface area (Å²) >= 11 is 0. The number of carboxylic acids is 1. The standard InChI is InChI=1S/C11H16N2O2.C2HF3O2/c1-11(2,3)15-10(14)8-4-5-9(6-12)13-7-8;3-2(4,5)1(6)7/h4-5,7H,6,12H2,1-3H3;(H,6,7). The van der Waals surface area contributed by atoms with Gasteiger partial charge in [0.1, 0.15) is 5.60 Å². The Kier molecular flexibility index (Phi) is 6.98. The van der Waals surface area contributed by atoms with E-state index in [1.807, 2.05) is 20.8 Å². The summed E-state index contributed by atoms with van der Waals surface area (Å²) in [6.07, 6.45) is -3.60. The minimum atomic E-state index is -5.08. The van der Waals surface area contributed by atoms with Gasteiger partial charge in [-0.05, 0) is 32.9 Å². The Morgan fingerprint density at radius 2 is 1.77 bits per heavy atom. The Bertz CT molecular complexity index is 508. The van der Waals surface area contributed by atoms with E-state index in [9.17, 15) is 18.0 Å². The fraction of sp³-hybridized carbons (Fsp3) is 0.462. The summed E-state index contributed by atoms with van der Waals surface area (Å²) in [5, 5.41) is 7.12. The van der Waals surface area contributed by atoms with Crippen LogP contribution in [-0.2, 0) is 16.1 Å². The number of hydrogen-bond donors (Lipinski definition) is 2. The van der Waals surface area contributed by atoms with Gasteiger partial charge < -0.3 is 15.6 Å². The summed E-state index contributed by atoms with van der Waals surface area (Å²) in [5.74, 6) is -3.12. The molecule has 0 radical (unpaired) electrons. The molecule has 1 aromatic rings. The van der Waals surface area contributed by atoms with Gasteiger partial charge in [0.2, 0.25) is 0 Å². The van der Waals surface area contributed by atoms with Gasteiger partial charge in [-0.1, -0.05) is 0 Å². The van der Waals surface area contributed by atoms with Crippen molar-refractivity contribution in [3.05, 3.63) is 29.6 Å². The predicted molar refractivity (Wildman–Crippen MR) is 71.0 cm³/mol. The largest absolute Gasteiger partial charge is 0.490 e. The zero-order chi connectivity index (χ0) is 17.6. The number of ether oxygens (including phenoxy) is 1. The van der Waals surface area contributed by atoms with Crippen LogP contribution in [0, 0.1) is 0 Å². The molecule has 0 atom stereocenters. The maximum absolute atomic E-state index is 11.6. The third-order valence-electron chi connectivity index (χ3n) is 1.91. The third-order valence-corrected chi connectivity index (χ3v) is 1.91. The fourth-order valence-electron chi connectivity index (χ4n) is 1.00. The van der Waals surface area contributed by atoms with Crippen LogP contribution in [0.5, 0.6) is 0 Å². The Balaban J connectivity index is 0.000000534. The summed E-state index contributed by atoms with van der Waals surface area (Å²) in [5.41, 5.74) is 6.12. The van der Waals surface area contributed by atoms with E-state index in [-0.39, 0.29) is 5.97 Å². The first-order valence-electron chi connectivity index (χ1n) is 6.05. The molecule has 22 heavy (non-hydrogen) atoms. The maximum atomic E-state index is 11.6. The number of aliphatic carboxylic acids is 1. The topological polar surface area (TPSA) is 103 Å². The molecule has 0 aromatic carbocycles. The van der Waals surface area contributed by atoms with Crippen molar-refractivity contribution in [3.8, 4) is 0 Å². The number of pyridine rings is 1. The number of halogens is 3. The van der Waals surface area contributed by atoms with Gasteiger partial charge in [-0.2, -0.15) is 13.2 Å². The van der Waals surface area contributed by atoms with Crippen LogP contribution in [-0.4, -0.2) is 33.8 Å². The molecular weight excluding hydrogens is 305 g/mol. The molecule has 0 unspecified atom stereocenters. The van der Waals surface area contributed by atoms with Crippen molar-refractivity contribution < 1.29 is 32.6 Å². The molecule has 3 N–H and O–H groups in total. The highest BCUT2D eigenvalue weighted by molar-refractivity contribution is 5.89. The molecule has 0 aliphatic heterocycles. The van der Waals surface area contributed by atoms with Crippen molar-refractivity contribution in [3.63, 3.8) is 0 Å². The molecule has 1 rings (SSSR count). The summed E-state index contributed by atoms with van der Waals surface area (Å²) in [6.45, 7) is 5.85. The molecule has 0 amide bonds. The van der Waals surface area contributed by atoms with Gasteiger partial charge in [-0.25, -0.2) is 9.59 Å². The van der Waals surface area contributed by atoms with Crippen LogP contribution in [0.3, 0.4) is 0 Å². The summed E-state index contributed by atoms with van der Waals surface area (Å²) in [6, 6.07) is 3.39. The van der Waals surface area contributed by atoms with Crippen LogP contribution in [0.15, 0.2) is 18.3 Å². The van der Waals surface area contributed by atoms with E-state index in [0.717, 1.165) is 5.69 Å². The third kappa shape index (κ3) is 8.20. The molecule has 0 spiro atoms. The number of esters is 1. The Labute approximate surface area is 125 Å². The average Bonchev–Trinajstić information content (AvgIpc) is 2.36. The SMILES string of the molecule is CC(C)(C)OC(=O)c1ccc(CN)nc1.O=C(O)C(F)(F)F. The van der Waals surface area contributed by atoms with Crippen molar-refractivity contribution in [1.82, 2.24) is 4.98 Å². The quantitative estimate of drug-likeness (QED) is 0.809. The molecule has 0 saturated carbocycles. The lowest BCUT2D eigenvalue weighted by atomic mass is 10.2. The summed E-state index contributed by atoms with van der Waals surface area (Å²) in [7, 11) is 0. The van der Waals surface area contributed by atoms with Gasteiger partial charge in [0.15, 0.2) is 0 Å². The van der Waals surface area contributed by atoms with Gasteiger partial charge in [-0.3, -0.25) is 4.98 Å². The first kappa shape index (κ1) is 19.8. The van der Waals surface area contributed by atoms with Crippen molar-refractivity contribution in [2.24, 2.45) is 5.73 Å². The van der Waals surface area contributed by atoms with E-state index < -0.39 is 17.7 Å². The van der Waals surface area contributed by atoms with E-state index in [4.69, 9.17) is 20.4 Å². The van der Waals surface area contributed by atoms with Crippen LogP contribution in [0.1, 0.15) is 36.8 Å². The highest BCUT2D eigenvalue weighted by atomic mass is 19.4. The second kappa shape index (κ2) is 7.74. The molecule has 9 heteroatoms. The second-order valence-corrected chi connectivity index (χ2v) is 5.05. The number of hydrogen-bond acceptors (Lipinski definition) is 5. The van der Waals surface area contributed by atoms with Gasteiger partial charge >= 0.3 is 18.1 Å². The molecule has 0 bridgehead atoms. The van der Waals surface area contributed by atoms with E-state index in [0.29, 0.717) is 12.1 Å². The zero-order valence-corrected chi connectivity index (χ0v) is 12.3. The lowest BCUT2D eigenvalue weighted by molar-refractivity contribution is -0.192. The van der Waals surface area contributed by atoms with Crippen LogP contribution < -0.4 is 5.73 Å². The van der Waals surface area contributed by atoms with Crippen LogP contribution in [0.4, 0.5) is 13.2 Å². The molecule has 1 heterocycles. The van der Waals surface area contributed by atoms with Gasteiger partial charge in [0, 0.05) is 12.7 Å². The zero-order valence-electron chi connectivity index (χ0n) is 12.3. The number of carbonyl (C=O) groups excluding carboxylic acids is 1. The molecular formula is C13H17F3N2O4. The van der Waals surface area contributed by atoms with Crippen LogP contribution >= 0.6 is 0 Å². The highest BCUT2D eigenvalue weighted by Gasteiger charge is 2.38. The number of rotatable bonds is 2. The van der Waals surface area contributed by atoms with Crippen molar-refractivity contribution in [2.75, 3.05) is 0 Å². The molecule has 0 saturated heterocycles. The van der Waals surface area contributed by atoms with E-state index in [1.165, 1.54) is 6.20 Å². The number of aromatic nitrogens is 1. The lowest BCUT2D eigenvalue weighted by Gasteiger charge is -2.19. The summed E-state index contributed by atoms with van der Waals surface area (Å²) in [4.78, 5) is 24.5. The number of carbonyl (C=O) groups is 2. The average molecular weight is 322 g/mol. The van der Waals surface area contributed by atoms with Crippen molar-refractivity contribution in [2.45, 2.75) is 39.1 Å². The van der Waals surface area contributed by atoms with Gasteiger partial charge in [0.25, 0.3) is 0 Å². The second-order valence-electron chi connectivity index (χ2n) is 5.05. The minimum absolute atomic E-state index is 0.362. The molecule has 6 nitrogen and oxygen atoms in total. The highest BCUT2D eigenvalue weighted by Crippen LogP contribution is 2.13. The Morgan fingerprint density at radius 1 is 1.27 bits per heavy atom. The Morgan fingerprint density at radius 3 is 2.05 bits per heavy atom. The number of alkyl halides is 3. The van der Waals surface area contributed by atoms with E-state index in [1.54, 1.807) is 12.1 Å². The van der Waals surface area contributed by atoms with Crippen LogP contribution in [0.2, 0.25) is 0 Å². The normalized spacial score (nSPS) is 11.2. The van der Waals surface area contributed by atoms with Crippen molar-refractivity contribution >= 4 is 11.9 Å². The van der Waals surface area contributed by atoms with Gasteiger partial charge in [0.05, 0.1) is 11.3 Å². The smallest absolute Gasteiger partial charge is 0.475 e. The number of nitrogens with two attached hydrogens (primary N) is 1. The molecule has 124 valence electrons. The maximum Gasteiger partial charge on any atom is 0.490 e. The van der Waals surface area contributed by atoms with E-state index >= 15 is 0 Å². The first-order valence-corrected chi connectivity index (χ1v) is 6.05. The predicted octanol–water partition coefficient (Wildman–Crippen LogP) is 2.13. The fourth-order valence-corrected chi connectivity index (χ4v) is 1.00. The Hall–Kier alpha value is -2.16. The lowest BCUT2D eigenvalue weighted by Crippen LogP contribution is -2.24. The first-order chi connectivity index (χ1) is 9.86. The number of carboxylic acid groups (broad SMARTS) is 1. The molecule has 0 fully saturated rings. The molecule has 0 aliphatic rings. The summed E-state index contributed by atoms with van der Waals surface area (Å²) < 4.78 is 36.9. The monoisotopic (exact) mass is 322 g/mol. The molecule has 1 aromatic heterocycles. The molecule has 0 aliphatic carbocycles. The minimum Gasteiger partial charge on any atom is -0.475 e.